The number of aromatic hydroxyl groups is 1. The van der Waals surface area contributed by atoms with E-state index in [0.717, 1.165) is 44.7 Å². The average Bonchev–Trinajstić information content (AvgIpc) is 2.56. The molecular formula is C18H29NO3. The van der Waals surface area contributed by atoms with Crippen molar-refractivity contribution >= 4 is 0 Å². The van der Waals surface area contributed by atoms with Crippen LogP contribution < -0.4 is 4.74 Å². The number of rotatable bonds is 8. The number of ether oxygens (including phenoxy) is 2. The molecule has 1 heterocycles. The monoisotopic (exact) mass is 307 g/mol. The van der Waals surface area contributed by atoms with Crippen LogP contribution in [0.2, 0.25) is 0 Å². The van der Waals surface area contributed by atoms with Gasteiger partial charge in [-0.3, -0.25) is 4.90 Å². The molecule has 1 aromatic rings. The van der Waals surface area contributed by atoms with Gasteiger partial charge in [0.2, 0.25) is 0 Å². The zero-order valence-electron chi connectivity index (χ0n) is 13.9. The molecule has 1 N–H and O–H groups in total. The van der Waals surface area contributed by atoms with E-state index >= 15 is 0 Å². The van der Waals surface area contributed by atoms with E-state index in [2.05, 4.69) is 17.9 Å². The Kier molecular flexibility index (Phi) is 7.00. The van der Waals surface area contributed by atoms with Crippen LogP contribution in [0, 0.1) is 0 Å². The normalized spacial score (nSPS) is 17.4. The molecule has 1 saturated heterocycles. The summed E-state index contributed by atoms with van der Waals surface area (Å²) in [6.07, 6.45) is 5.86. The number of hydrogen-bond acceptors (Lipinski definition) is 4. The van der Waals surface area contributed by atoms with Gasteiger partial charge in [0.1, 0.15) is 0 Å². The number of phenols is 1. The van der Waals surface area contributed by atoms with Gasteiger partial charge in [-0.25, -0.2) is 0 Å². The molecule has 1 aromatic carbocycles. The third-order valence-corrected chi connectivity index (χ3v) is 4.30. The Labute approximate surface area is 134 Å². The van der Waals surface area contributed by atoms with Crippen molar-refractivity contribution in [1.82, 2.24) is 4.90 Å². The first-order valence-corrected chi connectivity index (χ1v) is 8.45. The summed E-state index contributed by atoms with van der Waals surface area (Å²) in [6, 6.07) is 6.08. The highest BCUT2D eigenvalue weighted by Gasteiger charge is 2.23. The molecule has 0 bridgehead atoms. The van der Waals surface area contributed by atoms with Gasteiger partial charge in [-0.05, 0) is 56.5 Å². The maximum atomic E-state index is 10.1. The van der Waals surface area contributed by atoms with E-state index < -0.39 is 0 Å². The molecule has 0 aromatic heterocycles. The van der Waals surface area contributed by atoms with E-state index in [1.807, 2.05) is 12.1 Å². The molecule has 0 amide bonds. The van der Waals surface area contributed by atoms with Crippen LogP contribution in [0.15, 0.2) is 18.2 Å². The van der Waals surface area contributed by atoms with E-state index in [1.165, 1.54) is 19.3 Å². The maximum absolute atomic E-state index is 10.1. The highest BCUT2D eigenvalue weighted by molar-refractivity contribution is 5.42. The average molecular weight is 307 g/mol. The summed E-state index contributed by atoms with van der Waals surface area (Å²) in [5.41, 5.74) is 1.15. The maximum Gasteiger partial charge on any atom is 0.160 e. The van der Waals surface area contributed by atoms with Crippen LogP contribution in [-0.4, -0.2) is 43.4 Å². The minimum absolute atomic E-state index is 0.219. The second-order valence-electron chi connectivity index (χ2n) is 5.94. The van der Waals surface area contributed by atoms with Crippen molar-refractivity contribution in [3.63, 3.8) is 0 Å². The van der Waals surface area contributed by atoms with E-state index in [4.69, 9.17) is 9.47 Å². The van der Waals surface area contributed by atoms with Gasteiger partial charge in [-0.2, -0.15) is 0 Å². The summed E-state index contributed by atoms with van der Waals surface area (Å²) in [5.74, 6) is 0.750. The molecule has 0 spiro atoms. The summed E-state index contributed by atoms with van der Waals surface area (Å²) >= 11 is 0. The smallest absolute Gasteiger partial charge is 0.160 e. The summed E-state index contributed by atoms with van der Waals surface area (Å²) in [5, 5.41) is 10.1. The van der Waals surface area contributed by atoms with Crippen LogP contribution in [0.25, 0.3) is 0 Å². The standard InChI is InChI=1S/C18H29NO3/c1-3-12-22-13-9-16(19-10-5-4-6-11-19)15-7-8-18(21-2)17(20)14-15/h7-8,14,16,20H,3-6,9-13H2,1-2H3. The van der Waals surface area contributed by atoms with Gasteiger partial charge in [0.25, 0.3) is 0 Å². The van der Waals surface area contributed by atoms with Crippen molar-refractivity contribution in [2.24, 2.45) is 0 Å². The SMILES string of the molecule is CCCOCCC(c1ccc(OC)c(O)c1)N1CCCCC1. The highest BCUT2D eigenvalue weighted by atomic mass is 16.5. The second kappa shape index (κ2) is 9.01. The first kappa shape index (κ1) is 17.1. The summed E-state index contributed by atoms with van der Waals surface area (Å²) < 4.78 is 10.8. The lowest BCUT2D eigenvalue weighted by Gasteiger charge is -2.35. The Morgan fingerprint density at radius 2 is 1.95 bits per heavy atom. The molecule has 1 fully saturated rings. The van der Waals surface area contributed by atoms with Crippen LogP contribution in [0.4, 0.5) is 0 Å². The van der Waals surface area contributed by atoms with E-state index in [0.29, 0.717) is 11.8 Å². The number of nitrogens with zero attached hydrogens (tertiary/aromatic N) is 1. The molecule has 1 aliphatic rings. The predicted molar refractivity (Wildman–Crippen MR) is 88.6 cm³/mol. The summed E-state index contributed by atoms with van der Waals surface area (Å²) in [7, 11) is 1.58. The van der Waals surface area contributed by atoms with Crippen molar-refractivity contribution in [1.29, 1.82) is 0 Å². The van der Waals surface area contributed by atoms with E-state index in [1.54, 1.807) is 7.11 Å². The Morgan fingerprint density at radius 1 is 1.18 bits per heavy atom. The van der Waals surface area contributed by atoms with E-state index in [9.17, 15) is 5.11 Å². The highest BCUT2D eigenvalue weighted by Crippen LogP contribution is 2.33. The fourth-order valence-electron chi connectivity index (χ4n) is 3.15. The van der Waals surface area contributed by atoms with Gasteiger partial charge >= 0.3 is 0 Å². The van der Waals surface area contributed by atoms with Crippen LogP contribution in [0.3, 0.4) is 0 Å². The lowest BCUT2D eigenvalue weighted by Crippen LogP contribution is -2.34. The van der Waals surface area contributed by atoms with E-state index in [-0.39, 0.29) is 5.75 Å². The molecule has 1 aliphatic heterocycles. The quantitative estimate of drug-likeness (QED) is 0.743. The zero-order chi connectivity index (χ0) is 15.8. The van der Waals surface area contributed by atoms with Gasteiger partial charge in [-0.15, -0.1) is 0 Å². The number of methoxy groups -OCH3 is 1. The lowest BCUT2D eigenvalue weighted by molar-refractivity contribution is 0.0883. The molecule has 4 heteroatoms. The molecule has 4 nitrogen and oxygen atoms in total. The zero-order valence-corrected chi connectivity index (χ0v) is 13.9. The Balaban J connectivity index is 2.09. The fourth-order valence-corrected chi connectivity index (χ4v) is 3.15. The third kappa shape index (κ3) is 4.62. The van der Waals surface area contributed by atoms with Gasteiger partial charge in [0, 0.05) is 19.3 Å². The van der Waals surface area contributed by atoms with Crippen LogP contribution >= 0.6 is 0 Å². The molecule has 1 unspecified atom stereocenters. The number of benzene rings is 1. The molecule has 22 heavy (non-hydrogen) atoms. The van der Waals surface area contributed by atoms with Gasteiger partial charge in [-0.1, -0.05) is 19.4 Å². The third-order valence-electron chi connectivity index (χ3n) is 4.30. The first-order valence-electron chi connectivity index (χ1n) is 8.45. The molecule has 0 saturated carbocycles. The minimum atomic E-state index is 0.219. The number of phenolic OH excluding ortho intramolecular Hbond substituents is 1. The summed E-state index contributed by atoms with van der Waals surface area (Å²) in [6.45, 7) is 5.97. The lowest BCUT2D eigenvalue weighted by atomic mass is 9.98. The topological polar surface area (TPSA) is 41.9 Å². The minimum Gasteiger partial charge on any atom is -0.504 e. The van der Waals surface area contributed by atoms with Crippen LogP contribution in [0.5, 0.6) is 11.5 Å². The first-order chi connectivity index (χ1) is 10.8. The van der Waals surface area contributed by atoms with Crippen LogP contribution in [0.1, 0.15) is 50.6 Å². The fraction of sp³-hybridized carbons (Fsp3) is 0.667. The van der Waals surface area contributed by atoms with Crippen molar-refractivity contribution in [3.05, 3.63) is 23.8 Å². The Hall–Kier alpha value is -1.26. The van der Waals surface area contributed by atoms with Gasteiger partial charge in [0.05, 0.1) is 7.11 Å². The number of hydrogen-bond donors (Lipinski definition) is 1. The molecule has 124 valence electrons. The van der Waals surface area contributed by atoms with Gasteiger partial charge in [0.15, 0.2) is 11.5 Å². The van der Waals surface area contributed by atoms with Crippen molar-refractivity contribution < 1.29 is 14.6 Å². The Bertz CT molecular complexity index is 444. The molecular weight excluding hydrogens is 278 g/mol. The number of piperidine rings is 1. The molecule has 1 atom stereocenters. The summed E-state index contributed by atoms with van der Waals surface area (Å²) in [4.78, 5) is 2.53. The van der Waals surface area contributed by atoms with Crippen molar-refractivity contribution in [3.8, 4) is 11.5 Å². The Morgan fingerprint density at radius 3 is 2.59 bits per heavy atom. The van der Waals surface area contributed by atoms with Gasteiger partial charge < -0.3 is 14.6 Å². The van der Waals surface area contributed by atoms with Crippen molar-refractivity contribution in [2.75, 3.05) is 33.4 Å². The van der Waals surface area contributed by atoms with Crippen molar-refractivity contribution in [2.45, 2.75) is 45.1 Å². The molecule has 0 aliphatic carbocycles. The number of likely N-dealkylation sites (tertiary alicyclic amines) is 1. The second-order valence-corrected chi connectivity index (χ2v) is 5.94. The largest absolute Gasteiger partial charge is 0.504 e. The molecule has 2 rings (SSSR count). The molecule has 0 radical (unpaired) electrons. The predicted octanol–water partition coefficient (Wildman–Crippen LogP) is 3.74. The van der Waals surface area contributed by atoms with Crippen LogP contribution in [-0.2, 0) is 4.74 Å².